The Bertz CT molecular complexity index is 1660. The van der Waals surface area contributed by atoms with Gasteiger partial charge in [-0.1, -0.05) is 37.5 Å². The summed E-state index contributed by atoms with van der Waals surface area (Å²) >= 11 is 0. The van der Waals surface area contributed by atoms with Crippen molar-refractivity contribution in [2.45, 2.75) is 68.9 Å². The summed E-state index contributed by atoms with van der Waals surface area (Å²) in [6.45, 7) is -0.558. The van der Waals surface area contributed by atoms with Crippen molar-refractivity contribution in [3.63, 3.8) is 0 Å². The molecule has 4 unspecified atom stereocenters. The highest BCUT2D eigenvalue weighted by molar-refractivity contribution is 5.99. The van der Waals surface area contributed by atoms with Crippen LogP contribution in [0.5, 0.6) is 11.5 Å². The number of aliphatic hydroxyl groups is 3. The van der Waals surface area contributed by atoms with Crippen LogP contribution in [-0.2, 0) is 11.4 Å². The zero-order valence-electron chi connectivity index (χ0n) is 24.4. The third-order valence-electron chi connectivity index (χ3n) is 8.89. The van der Waals surface area contributed by atoms with Gasteiger partial charge in [-0.25, -0.2) is 4.79 Å². The Labute approximate surface area is 253 Å². The van der Waals surface area contributed by atoms with E-state index in [9.17, 15) is 29.7 Å². The number of benzene rings is 2. The number of aliphatic hydroxyl groups excluding tert-OH is 3. The molecule has 0 radical (unpaired) electrons. The highest BCUT2D eigenvalue weighted by Gasteiger charge is 2.52. The molecule has 2 aromatic carbocycles. The largest absolute Gasteiger partial charge is 0.493 e. The lowest BCUT2D eigenvalue weighted by Crippen LogP contribution is -2.59. The molecule has 0 bridgehead atoms. The predicted molar refractivity (Wildman–Crippen MR) is 160 cm³/mol. The lowest BCUT2D eigenvalue weighted by molar-refractivity contribution is -0.118. The van der Waals surface area contributed by atoms with Crippen LogP contribution in [-0.4, -0.2) is 76.6 Å². The number of nitrogens with one attached hydrogen (secondary N) is 1. The third-order valence-corrected chi connectivity index (χ3v) is 8.89. The van der Waals surface area contributed by atoms with E-state index in [1.165, 1.54) is 18.1 Å². The molecule has 4 atom stereocenters. The van der Waals surface area contributed by atoms with E-state index in [0.717, 1.165) is 19.3 Å². The van der Waals surface area contributed by atoms with Crippen LogP contribution in [0.25, 0.3) is 11.0 Å². The molecule has 3 aromatic rings. The van der Waals surface area contributed by atoms with Gasteiger partial charge in [0.2, 0.25) is 5.91 Å². The van der Waals surface area contributed by atoms with Crippen LogP contribution in [0.4, 0.5) is 0 Å². The maximum absolute atomic E-state index is 14.4. The molecule has 1 saturated carbocycles. The highest BCUT2D eigenvalue weighted by atomic mass is 16.5. The molecule has 44 heavy (non-hydrogen) atoms. The lowest BCUT2D eigenvalue weighted by atomic mass is 9.76. The van der Waals surface area contributed by atoms with Crippen molar-refractivity contribution >= 4 is 22.8 Å². The highest BCUT2D eigenvalue weighted by Crippen LogP contribution is 2.51. The lowest BCUT2D eigenvalue weighted by Gasteiger charge is -2.45. The number of methoxy groups -OCH3 is 1. The Kier molecular flexibility index (Phi) is 8.44. The molecule has 2 amide bonds. The molecule has 2 aliphatic carbocycles. The summed E-state index contributed by atoms with van der Waals surface area (Å²) in [5, 5.41) is 34.6. The number of hydrogen-bond donors (Lipinski definition) is 4. The van der Waals surface area contributed by atoms with Crippen molar-refractivity contribution in [2.24, 2.45) is 0 Å². The summed E-state index contributed by atoms with van der Waals surface area (Å²) in [5.74, 6) is -1.15. The summed E-state index contributed by atoms with van der Waals surface area (Å²) in [5.41, 5.74) is 0.760. The van der Waals surface area contributed by atoms with Gasteiger partial charge in [-0.2, -0.15) is 0 Å². The van der Waals surface area contributed by atoms with Gasteiger partial charge in [0.1, 0.15) is 23.4 Å². The van der Waals surface area contributed by atoms with E-state index >= 15 is 0 Å². The van der Waals surface area contributed by atoms with E-state index < -0.39 is 41.6 Å². The first-order chi connectivity index (χ1) is 21.4. The molecule has 11 nitrogen and oxygen atoms in total. The fourth-order valence-corrected chi connectivity index (χ4v) is 6.84. The Morgan fingerprint density at radius 1 is 1.09 bits per heavy atom. The SMILES string of the molecule is COc1cc(CO)cc2c1OC1C2C(C(=O)NCCO)=CC(N(C(=O)c2cc3ccccc3oc2=O)C2CCCCC2)C1O. The first-order valence-electron chi connectivity index (χ1n) is 15.0. The van der Waals surface area contributed by atoms with Crippen LogP contribution in [0.2, 0.25) is 0 Å². The number of ether oxygens (including phenoxy) is 2. The van der Waals surface area contributed by atoms with E-state index in [0.29, 0.717) is 46.4 Å². The number of carbonyl (C=O) groups is 2. The minimum atomic E-state index is -1.29. The maximum atomic E-state index is 14.4. The minimum absolute atomic E-state index is 0.00208. The zero-order chi connectivity index (χ0) is 31.0. The first kappa shape index (κ1) is 29.9. The van der Waals surface area contributed by atoms with Crippen molar-refractivity contribution in [2.75, 3.05) is 20.3 Å². The Morgan fingerprint density at radius 2 is 1.86 bits per heavy atom. The standard InChI is InChI=1S/C33H36N2O9/c1-42-26-14-18(17-37)13-21-27-22(31(39)34-11-12-36)16-24(28(38)30(27)44-29(21)26)35(20-8-3-2-4-9-20)32(40)23-15-19-7-5-6-10-25(19)43-33(23)41/h5-7,10,13-16,20,24,27-28,30,36-38H,2-4,8-9,11-12,17H2,1H3,(H,34,39). The second kappa shape index (κ2) is 12.4. The van der Waals surface area contributed by atoms with E-state index in [1.807, 2.05) is 0 Å². The van der Waals surface area contributed by atoms with Crippen molar-refractivity contribution in [1.82, 2.24) is 10.2 Å². The van der Waals surface area contributed by atoms with Gasteiger partial charge in [0.25, 0.3) is 5.91 Å². The summed E-state index contributed by atoms with van der Waals surface area (Å²) in [7, 11) is 1.46. The quantitative estimate of drug-likeness (QED) is 0.283. The molecule has 6 rings (SSSR count). The monoisotopic (exact) mass is 604 g/mol. The van der Waals surface area contributed by atoms with Crippen LogP contribution in [0.15, 0.2) is 63.3 Å². The zero-order valence-corrected chi connectivity index (χ0v) is 24.4. The number of nitrogens with zero attached hydrogens (tertiary/aromatic N) is 1. The average molecular weight is 605 g/mol. The van der Waals surface area contributed by atoms with Crippen LogP contribution < -0.4 is 20.4 Å². The van der Waals surface area contributed by atoms with Crippen LogP contribution in [0.1, 0.15) is 59.5 Å². The molecule has 4 N–H and O–H groups in total. The summed E-state index contributed by atoms with van der Waals surface area (Å²) in [6, 6.07) is 10.5. The van der Waals surface area contributed by atoms with Crippen molar-refractivity contribution in [3.05, 3.63) is 81.2 Å². The van der Waals surface area contributed by atoms with Gasteiger partial charge in [0, 0.05) is 29.1 Å². The number of rotatable bonds is 8. The fraction of sp³-hybridized carbons (Fsp3) is 0.424. The third kappa shape index (κ3) is 5.25. The Morgan fingerprint density at radius 3 is 2.59 bits per heavy atom. The first-order valence-corrected chi connectivity index (χ1v) is 15.0. The van der Waals surface area contributed by atoms with E-state index in [1.54, 1.807) is 42.5 Å². The number of para-hydroxylation sites is 1. The molecule has 11 heteroatoms. The maximum Gasteiger partial charge on any atom is 0.349 e. The number of hydrogen-bond acceptors (Lipinski definition) is 9. The normalized spacial score (nSPS) is 22.9. The van der Waals surface area contributed by atoms with Gasteiger partial charge in [0.15, 0.2) is 11.5 Å². The fourth-order valence-electron chi connectivity index (χ4n) is 6.84. The summed E-state index contributed by atoms with van der Waals surface area (Å²) < 4.78 is 17.4. The van der Waals surface area contributed by atoms with Gasteiger partial charge in [0.05, 0.1) is 32.3 Å². The second-order valence-electron chi connectivity index (χ2n) is 11.5. The molecule has 0 spiro atoms. The second-order valence-corrected chi connectivity index (χ2v) is 11.5. The average Bonchev–Trinajstić information content (AvgIpc) is 3.44. The van der Waals surface area contributed by atoms with Gasteiger partial charge in [-0.05, 0) is 48.7 Å². The van der Waals surface area contributed by atoms with Crippen molar-refractivity contribution in [3.8, 4) is 11.5 Å². The number of carbonyl (C=O) groups excluding carboxylic acids is 2. The van der Waals surface area contributed by atoms with Gasteiger partial charge in [-0.15, -0.1) is 0 Å². The summed E-state index contributed by atoms with van der Waals surface area (Å²) in [4.78, 5) is 42.7. The van der Waals surface area contributed by atoms with Crippen LogP contribution in [0.3, 0.4) is 0 Å². The van der Waals surface area contributed by atoms with E-state index in [4.69, 9.17) is 13.9 Å². The number of amides is 2. The van der Waals surface area contributed by atoms with Crippen molar-refractivity contribution in [1.29, 1.82) is 0 Å². The molecular weight excluding hydrogens is 568 g/mol. The summed E-state index contributed by atoms with van der Waals surface area (Å²) in [6.07, 6.45) is 3.38. The molecule has 1 aromatic heterocycles. The van der Waals surface area contributed by atoms with Crippen LogP contribution >= 0.6 is 0 Å². The van der Waals surface area contributed by atoms with Gasteiger partial charge in [-0.3, -0.25) is 9.59 Å². The molecular formula is C33H36N2O9. The Hall–Kier alpha value is -4.19. The molecule has 0 saturated heterocycles. The molecule has 1 fully saturated rings. The van der Waals surface area contributed by atoms with Gasteiger partial charge < -0.3 is 39.4 Å². The molecule has 3 aliphatic rings. The molecule has 2 heterocycles. The number of fused-ring (bicyclic) bond motifs is 4. The van der Waals surface area contributed by atoms with Crippen LogP contribution in [0, 0.1) is 0 Å². The molecule has 232 valence electrons. The van der Waals surface area contributed by atoms with E-state index in [-0.39, 0.29) is 36.9 Å². The molecule has 1 aliphatic heterocycles. The minimum Gasteiger partial charge on any atom is -0.493 e. The Balaban J connectivity index is 1.49. The van der Waals surface area contributed by atoms with E-state index in [2.05, 4.69) is 5.32 Å². The van der Waals surface area contributed by atoms with Gasteiger partial charge >= 0.3 is 5.63 Å². The smallest absolute Gasteiger partial charge is 0.349 e. The topological polar surface area (TPSA) is 159 Å². The van der Waals surface area contributed by atoms with Crippen molar-refractivity contribution < 1.29 is 38.8 Å². The predicted octanol–water partition coefficient (Wildman–Crippen LogP) is 2.39.